The SMILES string of the molecule is CN=C(NCCc1c[nH]c2ccc(Cl)cc12)NC1CCN(c2ccccc2)CC1. The number of anilines is 1. The van der Waals surface area contributed by atoms with Crippen molar-refractivity contribution in [2.75, 3.05) is 31.6 Å². The van der Waals surface area contributed by atoms with E-state index in [-0.39, 0.29) is 0 Å². The maximum absolute atomic E-state index is 6.15. The Balaban J connectivity index is 1.25. The molecule has 5 nitrogen and oxygen atoms in total. The summed E-state index contributed by atoms with van der Waals surface area (Å²) in [5.74, 6) is 0.876. The molecule has 0 bridgehead atoms. The minimum Gasteiger partial charge on any atom is -0.371 e. The van der Waals surface area contributed by atoms with Crippen molar-refractivity contribution in [2.45, 2.75) is 25.3 Å². The summed E-state index contributed by atoms with van der Waals surface area (Å²) in [7, 11) is 1.83. The van der Waals surface area contributed by atoms with Crippen molar-refractivity contribution in [3.63, 3.8) is 0 Å². The number of rotatable bonds is 5. The van der Waals surface area contributed by atoms with E-state index < -0.39 is 0 Å². The number of fused-ring (bicyclic) bond motifs is 1. The molecular formula is C23H28ClN5. The Morgan fingerprint density at radius 1 is 1.17 bits per heavy atom. The van der Waals surface area contributed by atoms with Gasteiger partial charge >= 0.3 is 0 Å². The van der Waals surface area contributed by atoms with Gasteiger partial charge in [0, 0.05) is 60.5 Å². The highest BCUT2D eigenvalue weighted by Crippen LogP contribution is 2.22. The number of aliphatic imine (C=N–C) groups is 1. The molecule has 1 saturated heterocycles. The van der Waals surface area contributed by atoms with Crippen LogP contribution in [-0.2, 0) is 6.42 Å². The quantitative estimate of drug-likeness (QED) is 0.437. The number of guanidine groups is 1. The molecule has 0 radical (unpaired) electrons. The molecule has 0 atom stereocenters. The summed E-state index contributed by atoms with van der Waals surface area (Å²) < 4.78 is 0. The van der Waals surface area contributed by atoms with E-state index >= 15 is 0 Å². The van der Waals surface area contributed by atoms with Crippen LogP contribution in [0.3, 0.4) is 0 Å². The molecule has 1 aliphatic rings. The number of nitrogens with one attached hydrogen (secondary N) is 3. The van der Waals surface area contributed by atoms with Gasteiger partial charge in [0.2, 0.25) is 0 Å². The van der Waals surface area contributed by atoms with E-state index in [9.17, 15) is 0 Å². The molecule has 1 fully saturated rings. The molecule has 1 aromatic heterocycles. The fourth-order valence-corrected chi connectivity index (χ4v) is 4.15. The number of piperidine rings is 1. The second kappa shape index (κ2) is 9.23. The van der Waals surface area contributed by atoms with E-state index in [0.717, 1.165) is 55.4 Å². The summed E-state index contributed by atoms with van der Waals surface area (Å²) in [6, 6.07) is 17.1. The van der Waals surface area contributed by atoms with Crippen molar-refractivity contribution in [2.24, 2.45) is 4.99 Å². The zero-order valence-electron chi connectivity index (χ0n) is 16.8. The van der Waals surface area contributed by atoms with Crippen LogP contribution in [0.1, 0.15) is 18.4 Å². The fraction of sp³-hybridized carbons (Fsp3) is 0.348. The lowest BCUT2D eigenvalue weighted by Crippen LogP contribution is -2.49. The van der Waals surface area contributed by atoms with Gasteiger partial charge in [-0.05, 0) is 55.2 Å². The normalized spacial score (nSPS) is 15.7. The second-order valence-corrected chi connectivity index (χ2v) is 7.93. The third-order valence-electron chi connectivity index (χ3n) is 5.60. The minimum atomic E-state index is 0.452. The molecule has 3 N–H and O–H groups in total. The van der Waals surface area contributed by atoms with Crippen LogP contribution in [0, 0.1) is 0 Å². The Labute approximate surface area is 177 Å². The Kier molecular flexibility index (Phi) is 6.25. The van der Waals surface area contributed by atoms with Gasteiger partial charge in [0.05, 0.1) is 0 Å². The molecule has 0 saturated carbocycles. The number of hydrogen-bond acceptors (Lipinski definition) is 2. The van der Waals surface area contributed by atoms with Crippen LogP contribution >= 0.6 is 11.6 Å². The van der Waals surface area contributed by atoms with Crippen molar-refractivity contribution in [1.82, 2.24) is 15.6 Å². The third-order valence-corrected chi connectivity index (χ3v) is 5.83. The summed E-state index contributed by atoms with van der Waals surface area (Å²) in [5.41, 5.74) is 3.70. The van der Waals surface area contributed by atoms with Crippen molar-refractivity contribution >= 4 is 34.2 Å². The van der Waals surface area contributed by atoms with Gasteiger partial charge in [-0.2, -0.15) is 0 Å². The Bertz CT molecular complexity index is 958. The predicted octanol–water partition coefficient (Wildman–Crippen LogP) is 4.20. The lowest BCUT2D eigenvalue weighted by Gasteiger charge is -2.34. The van der Waals surface area contributed by atoms with Crippen molar-refractivity contribution in [3.05, 3.63) is 65.3 Å². The van der Waals surface area contributed by atoms with Gasteiger partial charge in [0.1, 0.15) is 0 Å². The van der Waals surface area contributed by atoms with Gasteiger partial charge in [-0.15, -0.1) is 0 Å². The molecule has 3 aromatic rings. The third kappa shape index (κ3) is 4.85. The highest BCUT2D eigenvalue weighted by molar-refractivity contribution is 6.31. The first-order chi connectivity index (χ1) is 14.2. The first-order valence-electron chi connectivity index (χ1n) is 10.3. The second-order valence-electron chi connectivity index (χ2n) is 7.49. The smallest absolute Gasteiger partial charge is 0.191 e. The minimum absolute atomic E-state index is 0.452. The summed E-state index contributed by atoms with van der Waals surface area (Å²) >= 11 is 6.15. The number of hydrogen-bond donors (Lipinski definition) is 3. The van der Waals surface area contributed by atoms with Gasteiger partial charge < -0.3 is 20.5 Å². The number of aromatic amines is 1. The number of benzene rings is 2. The van der Waals surface area contributed by atoms with Gasteiger partial charge in [-0.25, -0.2) is 0 Å². The summed E-state index contributed by atoms with van der Waals surface area (Å²) in [4.78, 5) is 10.2. The first kappa shape index (κ1) is 19.6. The number of halogens is 1. The monoisotopic (exact) mass is 409 g/mol. The van der Waals surface area contributed by atoms with Crippen LogP contribution in [0.4, 0.5) is 5.69 Å². The van der Waals surface area contributed by atoms with E-state index in [0.29, 0.717) is 6.04 Å². The number of aromatic nitrogens is 1. The highest BCUT2D eigenvalue weighted by atomic mass is 35.5. The maximum atomic E-state index is 6.15. The zero-order valence-corrected chi connectivity index (χ0v) is 17.5. The van der Waals surface area contributed by atoms with E-state index in [2.05, 4.69) is 62.0 Å². The average Bonchev–Trinajstić information content (AvgIpc) is 3.16. The Hall–Kier alpha value is -2.66. The molecule has 0 unspecified atom stereocenters. The van der Waals surface area contributed by atoms with E-state index in [1.54, 1.807) is 0 Å². The Morgan fingerprint density at radius 2 is 1.97 bits per heavy atom. The first-order valence-corrected chi connectivity index (χ1v) is 10.6. The van der Waals surface area contributed by atoms with Crippen LogP contribution in [0.2, 0.25) is 5.02 Å². The molecular weight excluding hydrogens is 382 g/mol. The molecule has 29 heavy (non-hydrogen) atoms. The predicted molar refractivity (Wildman–Crippen MR) is 123 cm³/mol. The Morgan fingerprint density at radius 3 is 2.72 bits per heavy atom. The molecule has 2 heterocycles. The van der Waals surface area contributed by atoms with Crippen molar-refractivity contribution in [3.8, 4) is 0 Å². The van der Waals surface area contributed by atoms with Crippen LogP contribution in [0.5, 0.6) is 0 Å². The van der Waals surface area contributed by atoms with Gasteiger partial charge in [0.15, 0.2) is 5.96 Å². The van der Waals surface area contributed by atoms with E-state index in [1.165, 1.54) is 16.6 Å². The number of nitrogens with zero attached hydrogens (tertiary/aromatic N) is 2. The zero-order chi connectivity index (χ0) is 20.1. The van der Waals surface area contributed by atoms with Gasteiger partial charge in [-0.1, -0.05) is 29.8 Å². The number of para-hydroxylation sites is 1. The van der Waals surface area contributed by atoms with E-state index in [1.807, 2.05) is 25.2 Å². The highest BCUT2D eigenvalue weighted by Gasteiger charge is 2.20. The van der Waals surface area contributed by atoms with Crippen LogP contribution < -0.4 is 15.5 Å². The molecule has 6 heteroatoms. The topological polar surface area (TPSA) is 55.5 Å². The van der Waals surface area contributed by atoms with Crippen LogP contribution in [0.25, 0.3) is 10.9 Å². The largest absolute Gasteiger partial charge is 0.371 e. The number of H-pyrrole nitrogens is 1. The van der Waals surface area contributed by atoms with Gasteiger partial charge in [0.25, 0.3) is 0 Å². The lowest BCUT2D eigenvalue weighted by molar-refractivity contribution is 0.461. The summed E-state index contributed by atoms with van der Waals surface area (Å²) in [6.45, 7) is 2.95. The van der Waals surface area contributed by atoms with Crippen molar-refractivity contribution in [1.29, 1.82) is 0 Å². The molecule has 0 amide bonds. The molecule has 0 aliphatic carbocycles. The molecule has 0 spiro atoms. The van der Waals surface area contributed by atoms with Crippen LogP contribution in [-0.4, -0.2) is 43.7 Å². The molecule has 1 aliphatic heterocycles. The molecule has 4 rings (SSSR count). The molecule has 2 aromatic carbocycles. The standard InChI is InChI=1S/C23H28ClN5/c1-25-23(26-12-9-17-16-27-22-8-7-18(24)15-21(17)22)28-19-10-13-29(14-11-19)20-5-3-2-4-6-20/h2-8,15-16,19,27H,9-14H2,1H3,(H2,25,26,28). The lowest BCUT2D eigenvalue weighted by atomic mass is 10.0. The van der Waals surface area contributed by atoms with E-state index in [4.69, 9.17) is 11.6 Å². The molecule has 152 valence electrons. The average molecular weight is 410 g/mol. The van der Waals surface area contributed by atoms with Gasteiger partial charge in [-0.3, -0.25) is 4.99 Å². The maximum Gasteiger partial charge on any atom is 0.191 e. The summed E-state index contributed by atoms with van der Waals surface area (Å²) in [6.07, 6.45) is 5.19. The van der Waals surface area contributed by atoms with Crippen LogP contribution in [0.15, 0.2) is 59.7 Å². The summed E-state index contributed by atoms with van der Waals surface area (Å²) in [5, 5.41) is 9.00. The fourth-order valence-electron chi connectivity index (χ4n) is 3.98. The van der Waals surface area contributed by atoms with Crippen molar-refractivity contribution < 1.29 is 0 Å².